The second-order valence-corrected chi connectivity index (χ2v) is 8.23. The topological polar surface area (TPSA) is 0 Å². The Kier molecular flexibility index (Phi) is 3.35. The van der Waals surface area contributed by atoms with Crippen molar-refractivity contribution in [1.29, 1.82) is 0 Å². The van der Waals surface area contributed by atoms with Crippen molar-refractivity contribution >= 4 is 8.07 Å². The van der Waals surface area contributed by atoms with Crippen molar-refractivity contribution in [1.82, 2.24) is 0 Å². The lowest BCUT2D eigenvalue weighted by atomic mass is 10.6. The highest BCUT2D eigenvalue weighted by atomic mass is 28.3. The van der Waals surface area contributed by atoms with Crippen molar-refractivity contribution in [3.8, 4) is 0 Å². The molecule has 4 heteroatoms. The molecule has 66 valence electrons. The van der Waals surface area contributed by atoms with Crippen LogP contribution in [0.4, 0.5) is 13.2 Å². The molecule has 0 bridgehead atoms. The molecule has 0 aromatic heterocycles. The number of allylic oxidation sites excluding steroid dienone is 1. The fourth-order valence-corrected chi connectivity index (χ4v) is 1.31. The Morgan fingerprint density at radius 2 is 1.73 bits per heavy atom. The van der Waals surface area contributed by atoms with E-state index in [0.717, 1.165) is 6.04 Å². The molecular formula is C7H13F3Si. The van der Waals surface area contributed by atoms with Crippen LogP contribution in [0, 0.1) is 0 Å². The van der Waals surface area contributed by atoms with Crippen LogP contribution in [-0.2, 0) is 0 Å². The van der Waals surface area contributed by atoms with Gasteiger partial charge in [-0.3, -0.25) is 0 Å². The first-order chi connectivity index (χ1) is 4.77. The molecule has 0 aromatic rings. The summed E-state index contributed by atoms with van der Waals surface area (Å²) in [6.07, 6.45) is -3.78. The first-order valence-electron chi connectivity index (χ1n) is 3.54. The zero-order valence-corrected chi connectivity index (χ0v) is 8.00. The van der Waals surface area contributed by atoms with Crippen molar-refractivity contribution < 1.29 is 13.2 Å². The van der Waals surface area contributed by atoms with Crippen LogP contribution in [0.1, 0.15) is 6.92 Å². The molecule has 0 atom stereocenters. The maximum atomic E-state index is 11.7. The molecule has 11 heavy (non-hydrogen) atoms. The lowest BCUT2D eigenvalue weighted by Crippen LogP contribution is -2.21. The molecule has 0 radical (unpaired) electrons. The maximum Gasteiger partial charge on any atom is 0.409 e. The number of hydrogen-bond acceptors (Lipinski definition) is 0. The summed E-state index contributed by atoms with van der Waals surface area (Å²) in [7, 11) is -1.69. The smallest absolute Gasteiger partial charge is 0.167 e. The summed E-state index contributed by atoms with van der Waals surface area (Å²) in [5, 5.41) is 0. The first-order valence-corrected chi connectivity index (χ1v) is 6.82. The van der Waals surface area contributed by atoms with Crippen LogP contribution in [0.25, 0.3) is 0 Å². The van der Waals surface area contributed by atoms with E-state index in [0.29, 0.717) is 6.08 Å². The van der Waals surface area contributed by atoms with Crippen LogP contribution in [0.15, 0.2) is 11.8 Å². The van der Waals surface area contributed by atoms with Gasteiger partial charge < -0.3 is 0 Å². The summed E-state index contributed by atoms with van der Waals surface area (Å²) in [6, 6.07) is 0.847. The molecule has 0 fully saturated rings. The van der Waals surface area contributed by atoms with E-state index in [1.807, 2.05) is 20.0 Å². The van der Waals surface area contributed by atoms with Gasteiger partial charge in [0.2, 0.25) is 0 Å². The van der Waals surface area contributed by atoms with Crippen molar-refractivity contribution in [2.75, 3.05) is 0 Å². The molecule has 0 nitrogen and oxygen atoms in total. The van der Waals surface area contributed by atoms with Gasteiger partial charge >= 0.3 is 6.18 Å². The average molecular weight is 182 g/mol. The highest BCUT2D eigenvalue weighted by Crippen LogP contribution is 2.19. The summed E-state index contributed by atoms with van der Waals surface area (Å²) in [5.74, 6) is 0. The number of alkyl halides is 3. The lowest BCUT2D eigenvalue weighted by Gasteiger charge is -2.14. The van der Waals surface area contributed by atoms with Crippen molar-refractivity contribution in [3.05, 3.63) is 11.8 Å². The Morgan fingerprint density at radius 3 is 2.00 bits per heavy atom. The Hall–Kier alpha value is -0.253. The monoisotopic (exact) mass is 182 g/mol. The SMILES string of the molecule is CC[Si](C)(C)C=CC(F)(F)F. The largest absolute Gasteiger partial charge is 0.409 e. The van der Waals surface area contributed by atoms with Gasteiger partial charge in [0.05, 0.1) is 8.07 Å². The minimum Gasteiger partial charge on any atom is -0.167 e. The number of hydrogen-bond donors (Lipinski definition) is 0. The molecule has 0 amide bonds. The fourth-order valence-electron chi connectivity index (χ4n) is 0.438. The normalized spacial score (nSPS) is 14.4. The van der Waals surface area contributed by atoms with Crippen LogP contribution < -0.4 is 0 Å². The lowest BCUT2D eigenvalue weighted by molar-refractivity contribution is -0.0797. The Bertz CT molecular complexity index is 146. The predicted octanol–water partition coefficient (Wildman–Crippen LogP) is 3.37. The third kappa shape index (κ3) is 6.16. The molecule has 0 aromatic carbocycles. The standard InChI is InChI=1S/C7H13F3Si/c1-4-11(2,3)6-5-7(8,9)10/h5-6H,4H2,1-3H3. The van der Waals surface area contributed by atoms with Gasteiger partial charge in [-0.05, 0) is 0 Å². The summed E-state index contributed by atoms with van der Waals surface area (Å²) >= 11 is 0. The molecule has 0 heterocycles. The third-order valence-corrected chi connectivity index (χ3v) is 4.53. The van der Waals surface area contributed by atoms with Gasteiger partial charge in [-0.25, -0.2) is 0 Å². The number of halogens is 3. The highest BCUT2D eigenvalue weighted by molar-refractivity contribution is 6.82. The quantitative estimate of drug-likeness (QED) is 0.574. The van der Waals surface area contributed by atoms with Crippen molar-refractivity contribution in [2.24, 2.45) is 0 Å². The van der Waals surface area contributed by atoms with Crippen LogP contribution in [0.3, 0.4) is 0 Å². The van der Waals surface area contributed by atoms with Crippen LogP contribution >= 0.6 is 0 Å². The maximum absolute atomic E-state index is 11.7. The van der Waals surface area contributed by atoms with E-state index < -0.39 is 14.3 Å². The Balaban J connectivity index is 4.13. The summed E-state index contributed by atoms with van der Waals surface area (Å²) < 4.78 is 35.0. The van der Waals surface area contributed by atoms with Gasteiger partial charge in [-0.2, -0.15) is 13.2 Å². The zero-order valence-electron chi connectivity index (χ0n) is 7.00. The number of rotatable bonds is 2. The summed E-state index contributed by atoms with van der Waals surface area (Å²) in [4.78, 5) is 0. The van der Waals surface area contributed by atoms with Crippen LogP contribution in [0.5, 0.6) is 0 Å². The van der Waals surface area contributed by atoms with Crippen molar-refractivity contribution in [3.63, 3.8) is 0 Å². The molecule has 0 N–H and O–H groups in total. The van der Waals surface area contributed by atoms with Gasteiger partial charge in [0.1, 0.15) is 0 Å². The second-order valence-electron chi connectivity index (χ2n) is 3.22. The molecule has 0 unspecified atom stereocenters. The minimum absolute atomic E-state index is 0.364. The van der Waals surface area contributed by atoms with E-state index in [1.165, 1.54) is 5.70 Å². The predicted molar refractivity (Wildman–Crippen MR) is 43.2 cm³/mol. The van der Waals surface area contributed by atoms with Gasteiger partial charge in [-0.15, -0.1) is 0 Å². The van der Waals surface area contributed by atoms with E-state index in [2.05, 4.69) is 0 Å². The van der Waals surface area contributed by atoms with E-state index in [9.17, 15) is 13.2 Å². The summed E-state index contributed by atoms with van der Waals surface area (Å²) in [5.41, 5.74) is 1.34. The van der Waals surface area contributed by atoms with Gasteiger partial charge in [0.25, 0.3) is 0 Å². The molecule has 0 saturated heterocycles. The van der Waals surface area contributed by atoms with Crippen LogP contribution in [-0.4, -0.2) is 14.3 Å². The zero-order chi connectivity index (χ0) is 9.12. The first kappa shape index (κ1) is 10.7. The molecular weight excluding hydrogens is 169 g/mol. The Labute approximate surface area is 66.1 Å². The molecule has 0 rings (SSSR count). The van der Waals surface area contributed by atoms with Crippen molar-refractivity contribution in [2.45, 2.75) is 32.2 Å². The van der Waals surface area contributed by atoms with E-state index in [-0.39, 0.29) is 0 Å². The second kappa shape index (κ2) is 3.43. The van der Waals surface area contributed by atoms with E-state index >= 15 is 0 Å². The highest BCUT2D eigenvalue weighted by Gasteiger charge is 2.24. The molecule has 0 saturated carbocycles. The molecule has 0 aliphatic heterocycles. The van der Waals surface area contributed by atoms with E-state index in [1.54, 1.807) is 0 Å². The molecule has 0 aliphatic rings. The molecule has 0 aliphatic carbocycles. The summed E-state index contributed by atoms with van der Waals surface area (Å²) in [6.45, 7) is 5.75. The molecule has 0 spiro atoms. The van der Waals surface area contributed by atoms with Crippen LogP contribution in [0.2, 0.25) is 19.1 Å². The van der Waals surface area contributed by atoms with Gasteiger partial charge in [0, 0.05) is 6.08 Å². The van der Waals surface area contributed by atoms with E-state index in [4.69, 9.17) is 0 Å². The van der Waals surface area contributed by atoms with Gasteiger partial charge in [-0.1, -0.05) is 31.8 Å². The fraction of sp³-hybridized carbons (Fsp3) is 0.714. The minimum atomic E-state index is -4.14. The average Bonchev–Trinajstić information content (AvgIpc) is 1.83. The third-order valence-electron chi connectivity index (χ3n) is 1.63. The Morgan fingerprint density at radius 1 is 1.27 bits per heavy atom. The van der Waals surface area contributed by atoms with Gasteiger partial charge in [0.15, 0.2) is 0 Å².